The van der Waals surface area contributed by atoms with E-state index in [1.165, 1.54) is 44.4 Å². The Morgan fingerprint density at radius 2 is 0.625 bits per heavy atom. The van der Waals surface area contributed by atoms with Crippen molar-refractivity contribution in [2.75, 3.05) is 73.0 Å². The van der Waals surface area contributed by atoms with E-state index in [-0.39, 0.29) is 82.2 Å². The van der Waals surface area contributed by atoms with Crippen LogP contribution in [0, 0.1) is 0 Å². The molecule has 12 heterocycles. The van der Waals surface area contributed by atoms with Crippen LogP contribution in [-0.4, -0.2) is 206 Å². The van der Waals surface area contributed by atoms with E-state index in [1.54, 1.807) is 39.5 Å². The summed E-state index contributed by atoms with van der Waals surface area (Å²) < 4.78 is 30.6. The lowest BCUT2D eigenvalue weighted by Crippen LogP contribution is -2.41. The number of H-pyrrole nitrogens is 4. The van der Waals surface area contributed by atoms with Gasteiger partial charge in [-0.15, -0.1) is 0 Å². The van der Waals surface area contributed by atoms with Gasteiger partial charge in [-0.2, -0.15) is 20.4 Å². The minimum Gasteiger partial charge on any atom is -0.457 e. The molecular weight excluding hydrogens is 1730 g/mol. The number of hydrogen-bond acceptors (Lipinski definition) is 22. The van der Waals surface area contributed by atoms with Crippen LogP contribution in [0.1, 0.15) is 76.0 Å². The van der Waals surface area contributed by atoms with E-state index in [1.807, 2.05) is 248 Å². The van der Waals surface area contributed by atoms with Crippen molar-refractivity contribution in [2.24, 2.45) is 0 Å². The average Bonchev–Trinajstić information content (AvgIpc) is 1.62. The van der Waals surface area contributed by atoms with Crippen molar-refractivity contribution in [3.63, 3.8) is 0 Å². The van der Waals surface area contributed by atoms with Gasteiger partial charge in [0.25, 0.3) is 22.2 Å². The van der Waals surface area contributed by atoms with Crippen LogP contribution in [0.3, 0.4) is 0 Å². The molecule has 8 aromatic carbocycles. The van der Waals surface area contributed by atoms with Crippen molar-refractivity contribution in [3.8, 4) is 91.0 Å². The molecule has 34 nitrogen and oxygen atoms in total. The Bertz CT molecular complexity index is 7300. The summed E-state index contributed by atoms with van der Waals surface area (Å²) in [5.41, 5.74) is 6.27. The highest BCUT2D eigenvalue weighted by Gasteiger charge is 2.35. The number of carbonyl (C=O) groups is 5. The van der Waals surface area contributed by atoms with Gasteiger partial charge in [-0.1, -0.05) is 92.0 Å². The van der Waals surface area contributed by atoms with Gasteiger partial charge in [0.1, 0.15) is 96.1 Å². The van der Waals surface area contributed by atoms with Gasteiger partial charge < -0.3 is 63.4 Å². The third-order valence-electron chi connectivity index (χ3n) is 23.7. The fraction of sp³-hybridized carbons (Fsp3) is 0.225. The highest BCUT2D eigenvalue weighted by molar-refractivity contribution is 5.98. The third-order valence-corrected chi connectivity index (χ3v) is 23.7. The Kier molecular flexibility index (Phi) is 27.9. The number of Topliss-reactive ketones (excluding diaryl/α,β-unsaturated/α-hetero) is 1. The molecule has 136 heavy (non-hydrogen) atoms. The normalized spacial score (nSPS) is 15.9. The van der Waals surface area contributed by atoms with Gasteiger partial charge in [0.2, 0.25) is 23.6 Å². The number of benzene rings is 8. The Balaban J connectivity index is 0.000000126. The highest BCUT2D eigenvalue weighted by Crippen LogP contribution is 2.39. The first kappa shape index (κ1) is 91.0. The zero-order valence-electron chi connectivity index (χ0n) is 74.9. The van der Waals surface area contributed by atoms with E-state index in [2.05, 4.69) is 53.0 Å². The highest BCUT2D eigenvalue weighted by atomic mass is 16.5. The predicted molar refractivity (Wildman–Crippen MR) is 514 cm³/mol. The molecule has 0 unspecified atom stereocenters. The molecule has 0 aliphatic carbocycles. The van der Waals surface area contributed by atoms with Crippen LogP contribution in [0.5, 0.6) is 46.0 Å². The van der Waals surface area contributed by atoms with Gasteiger partial charge in [0.15, 0.2) is 22.6 Å². The molecule has 4 aliphatic rings. The lowest BCUT2D eigenvalue weighted by atomic mass is 10.1. The number of fused-ring (bicyclic) bond motifs is 4. The van der Waals surface area contributed by atoms with Crippen LogP contribution in [-0.2, 0) is 24.0 Å². The predicted octanol–water partition coefficient (Wildman–Crippen LogP) is 14.7. The molecule has 4 aliphatic heterocycles. The summed E-state index contributed by atoms with van der Waals surface area (Å²) in [6.45, 7) is 13.7. The summed E-state index contributed by atoms with van der Waals surface area (Å²) in [7, 11) is 3.92. The number of aromatic nitrogens is 16. The van der Waals surface area contributed by atoms with Crippen molar-refractivity contribution in [2.45, 2.75) is 76.0 Å². The SMILES string of the molecule is C=CC(=O)N1CCC[C@@H](n2nc(-c3ccc(Oc4ccccc4)cc3)c3c(=O)[nH]cnc32)C1.C=CC(=O)N1CC[C@@H](n2nc(-c3ccc(Oc4ccccc4)cc3)c3c(=O)[nH]cnc32)C1.CC(=O)CC(=O)N1CCC[C@@H](n2nc(-c3ccc(Oc4ccccc4)cc3)c3c(=O)[nH]cnc32)C1.CN(C)C/C=C/C(=O)N1CC[C@@H](n2nc(-c3ccc(Oc4ccccc4)cc3)c3c(=O)[nH]cnc32)C1. The zero-order valence-corrected chi connectivity index (χ0v) is 74.9. The number of hydrogen-bond donors (Lipinski definition) is 4. The van der Waals surface area contributed by atoms with Crippen LogP contribution < -0.4 is 41.2 Å². The molecular formula is C102H97N21O13. The molecule has 4 atom stereocenters. The summed E-state index contributed by atoms with van der Waals surface area (Å²) in [6, 6.07) is 67.5. The fourth-order valence-electron chi connectivity index (χ4n) is 17.1. The fourth-order valence-corrected chi connectivity index (χ4v) is 17.1. The molecule has 0 spiro atoms. The maximum atomic E-state index is 12.8. The van der Waals surface area contributed by atoms with E-state index in [0.29, 0.717) is 149 Å². The third kappa shape index (κ3) is 20.9. The molecule has 34 heteroatoms. The minimum absolute atomic E-state index is 0.0177. The van der Waals surface area contributed by atoms with E-state index >= 15 is 0 Å². The van der Waals surface area contributed by atoms with Gasteiger partial charge in [-0.05, 0) is 217 Å². The summed E-state index contributed by atoms with van der Waals surface area (Å²) in [5.74, 6) is 5.14. The summed E-state index contributed by atoms with van der Waals surface area (Å²) in [4.78, 5) is 149. The maximum Gasteiger partial charge on any atom is 0.262 e. The van der Waals surface area contributed by atoms with E-state index < -0.39 is 0 Å². The number of nitrogens with one attached hydrogen (secondary N) is 4. The second kappa shape index (κ2) is 41.7. The number of piperidine rings is 2. The molecule has 0 radical (unpaired) electrons. The van der Waals surface area contributed by atoms with Gasteiger partial charge in [0, 0.05) is 87.2 Å². The number of likely N-dealkylation sites (tertiary alicyclic amines) is 4. The van der Waals surface area contributed by atoms with Crippen molar-refractivity contribution in [1.82, 2.24) is 103 Å². The number of ketones is 1. The molecule has 4 N–H and O–H groups in total. The van der Waals surface area contributed by atoms with Crippen LogP contribution in [0.2, 0.25) is 0 Å². The average molecular weight is 1830 g/mol. The number of nitrogens with zero attached hydrogens (tertiary/aromatic N) is 17. The number of para-hydroxylation sites is 4. The van der Waals surface area contributed by atoms with Crippen molar-refractivity contribution in [3.05, 3.63) is 323 Å². The summed E-state index contributed by atoms with van der Waals surface area (Å²) >= 11 is 0. The Morgan fingerprint density at radius 1 is 0.360 bits per heavy atom. The molecule has 20 rings (SSSR count). The molecule has 0 bridgehead atoms. The van der Waals surface area contributed by atoms with Crippen LogP contribution >= 0.6 is 0 Å². The second-order valence-electron chi connectivity index (χ2n) is 33.3. The van der Waals surface area contributed by atoms with E-state index in [0.717, 1.165) is 83.8 Å². The monoisotopic (exact) mass is 1820 g/mol. The van der Waals surface area contributed by atoms with Gasteiger partial charge in [-0.3, -0.25) is 43.2 Å². The second-order valence-corrected chi connectivity index (χ2v) is 33.3. The number of ether oxygens (including phenoxy) is 4. The molecule has 4 amide bonds. The smallest absolute Gasteiger partial charge is 0.262 e. The van der Waals surface area contributed by atoms with Crippen LogP contribution in [0.25, 0.3) is 89.2 Å². The van der Waals surface area contributed by atoms with E-state index in [9.17, 15) is 43.2 Å². The largest absolute Gasteiger partial charge is 0.457 e. The van der Waals surface area contributed by atoms with E-state index in [4.69, 9.17) is 39.3 Å². The van der Waals surface area contributed by atoms with Crippen molar-refractivity contribution < 1.29 is 42.9 Å². The molecule has 16 aromatic rings. The minimum atomic E-state index is -0.277. The Morgan fingerprint density at radius 3 is 0.912 bits per heavy atom. The lowest BCUT2D eigenvalue weighted by molar-refractivity contribution is -0.136. The summed E-state index contributed by atoms with van der Waals surface area (Å²) in [5, 5.41) is 20.9. The van der Waals surface area contributed by atoms with Gasteiger partial charge in [-0.25, -0.2) is 38.7 Å². The first-order chi connectivity index (χ1) is 66.3. The van der Waals surface area contributed by atoms with Crippen molar-refractivity contribution >= 4 is 73.5 Å². The maximum absolute atomic E-state index is 12.8. The number of likely N-dealkylation sites (N-methyl/N-ethyl adjacent to an activating group) is 1. The molecule has 0 saturated carbocycles. The molecule has 4 fully saturated rings. The quantitative estimate of drug-likeness (QED) is 0.0341. The number of aromatic amines is 4. The number of rotatable bonds is 23. The Hall–Kier alpha value is -16.9. The lowest BCUT2D eigenvalue weighted by Gasteiger charge is -2.32. The van der Waals surface area contributed by atoms with Crippen molar-refractivity contribution in [1.29, 1.82) is 0 Å². The first-order valence-corrected chi connectivity index (χ1v) is 44.6. The zero-order chi connectivity index (χ0) is 94.3. The van der Waals surface area contributed by atoms with Gasteiger partial charge >= 0.3 is 0 Å². The first-order valence-electron chi connectivity index (χ1n) is 44.6. The molecule has 8 aromatic heterocycles. The number of carbonyl (C=O) groups excluding carboxylic acids is 5. The van der Waals surface area contributed by atoms with Gasteiger partial charge in [0.05, 0.1) is 55.9 Å². The molecule has 688 valence electrons. The van der Waals surface area contributed by atoms with Crippen LogP contribution in [0.15, 0.2) is 300 Å². The van der Waals surface area contributed by atoms with Crippen LogP contribution in [0.4, 0.5) is 0 Å². The standard InChI is InChI=1S/C27H28N6O3.C26H25N5O4.C25H23N5O3.C24H21N5O3/c1-31(2)15-6-9-23(34)32-16-14-20(17-32)33-26-24(27(35)29-18-28-26)25(30-33)19-10-12-22(13-11-19)36-21-7-4-3-5-8-21;1-17(32)14-22(33)30-13-5-6-19(15-30)31-25-23(26(34)28-16-27-25)24(29-31)18-9-11-21(12-10-18)35-20-7-3-2-4-8-20;1-2-21(31)29-14-6-7-18(15-29)30-24-22(25(32)27-16-26-24)23(28-30)17-10-12-20(13-11-17)33-19-8-4-3-5-9-19;1-2-20(30)28-13-12-17(14-28)29-23-21(24(31)26-15-25-23)22(27-29)16-8-10-19(11-9-16)32-18-6-4-3-5-7-18/h3-13,18,20H,14-17H2,1-2H3,(H,28,29,35);2-4,7-12,16,19H,5-6,13-15H2,1H3,(H,27,28,34);2-5,8-13,16,18H,1,6-7,14-15H2,(H,26,27,32);2-11,15,17H,1,12-14H2,(H,25,26,31)/b9-6+;;;/t20-;19-;18-;17-/m1111/s1. The topological polar surface area (TPSA) is 393 Å². The Labute approximate surface area is 778 Å². The number of amides is 4. The molecule has 4 saturated heterocycles. The summed E-state index contributed by atoms with van der Waals surface area (Å²) in [6.07, 6.45) is 16.3.